The number of hydrogen-bond acceptors (Lipinski definition) is 1. The summed E-state index contributed by atoms with van der Waals surface area (Å²) >= 11 is 0. The van der Waals surface area contributed by atoms with Gasteiger partial charge in [-0.1, -0.05) is 29.8 Å². The van der Waals surface area contributed by atoms with E-state index in [2.05, 4.69) is 5.32 Å². The Hall–Kier alpha value is -1.03. The minimum Gasteiger partial charge on any atom is -0.308 e. The SMILES string of the molecule is Cc1ccc(CCNCC(F)(F)F)cc1. The van der Waals surface area contributed by atoms with Crippen LogP contribution in [0.15, 0.2) is 24.3 Å². The number of nitrogens with one attached hydrogen (secondary N) is 1. The van der Waals surface area contributed by atoms with Crippen LogP contribution >= 0.6 is 0 Å². The molecule has 0 fully saturated rings. The average molecular weight is 217 g/mol. The van der Waals surface area contributed by atoms with E-state index in [1.807, 2.05) is 31.2 Å². The first-order valence-corrected chi connectivity index (χ1v) is 4.80. The molecule has 0 aliphatic carbocycles. The lowest BCUT2D eigenvalue weighted by atomic mass is 10.1. The van der Waals surface area contributed by atoms with Crippen LogP contribution in [0.25, 0.3) is 0 Å². The molecule has 1 nitrogen and oxygen atoms in total. The molecule has 0 atom stereocenters. The summed E-state index contributed by atoms with van der Waals surface area (Å²) in [7, 11) is 0. The smallest absolute Gasteiger partial charge is 0.308 e. The zero-order valence-electron chi connectivity index (χ0n) is 8.56. The van der Waals surface area contributed by atoms with Crippen molar-refractivity contribution < 1.29 is 13.2 Å². The summed E-state index contributed by atoms with van der Waals surface area (Å²) in [6.07, 6.45) is -3.50. The van der Waals surface area contributed by atoms with E-state index < -0.39 is 12.7 Å². The van der Waals surface area contributed by atoms with Gasteiger partial charge in [-0.15, -0.1) is 0 Å². The summed E-state index contributed by atoms with van der Waals surface area (Å²) in [5.41, 5.74) is 2.21. The van der Waals surface area contributed by atoms with E-state index in [1.165, 1.54) is 0 Å². The molecule has 1 aromatic carbocycles. The van der Waals surface area contributed by atoms with Gasteiger partial charge in [0.1, 0.15) is 0 Å². The molecule has 0 radical (unpaired) electrons. The third-order valence-corrected chi connectivity index (χ3v) is 2.04. The molecular formula is C11H14F3N. The lowest BCUT2D eigenvalue weighted by molar-refractivity contribution is -0.124. The van der Waals surface area contributed by atoms with Crippen LogP contribution in [0.1, 0.15) is 11.1 Å². The van der Waals surface area contributed by atoms with Crippen LogP contribution in [-0.2, 0) is 6.42 Å². The Morgan fingerprint density at radius 1 is 1.13 bits per heavy atom. The second-order valence-corrected chi connectivity index (χ2v) is 3.53. The topological polar surface area (TPSA) is 12.0 Å². The van der Waals surface area contributed by atoms with Crippen molar-refractivity contribution in [1.29, 1.82) is 0 Å². The fourth-order valence-corrected chi connectivity index (χ4v) is 1.22. The van der Waals surface area contributed by atoms with Gasteiger partial charge in [0, 0.05) is 0 Å². The van der Waals surface area contributed by atoms with Crippen LogP contribution in [0.5, 0.6) is 0 Å². The molecule has 0 spiro atoms. The molecule has 0 heterocycles. The fourth-order valence-electron chi connectivity index (χ4n) is 1.22. The van der Waals surface area contributed by atoms with E-state index in [1.54, 1.807) is 0 Å². The van der Waals surface area contributed by atoms with Crippen LogP contribution in [0.2, 0.25) is 0 Å². The number of halogens is 3. The van der Waals surface area contributed by atoms with Crippen molar-refractivity contribution >= 4 is 0 Å². The number of aryl methyl sites for hydroxylation is 1. The van der Waals surface area contributed by atoms with Crippen LogP contribution in [0.4, 0.5) is 13.2 Å². The Kier molecular flexibility index (Phi) is 4.15. The van der Waals surface area contributed by atoms with Gasteiger partial charge in [0.2, 0.25) is 0 Å². The third-order valence-electron chi connectivity index (χ3n) is 2.04. The van der Waals surface area contributed by atoms with Gasteiger partial charge in [0.25, 0.3) is 0 Å². The summed E-state index contributed by atoms with van der Waals surface area (Å²) in [6, 6.07) is 7.79. The lowest BCUT2D eigenvalue weighted by Gasteiger charge is -2.08. The van der Waals surface area contributed by atoms with Gasteiger partial charge in [-0.05, 0) is 25.5 Å². The predicted octanol–water partition coefficient (Wildman–Crippen LogP) is 2.69. The summed E-state index contributed by atoms with van der Waals surface area (Å²) < 4.78 is 35.3. The maximum absolute atomic E-state index is 11.8. The van der Waals surface area contributed by atoms with E-state index >= 15 is 0 Å². The molecular weight excluding hydrogens is 203 g/mol. The van der Waals surface area contributed by atoms with Gasteiger partial charge in [-0.25, -0.2) is 0 Å². The Balaban J connectivity index is 2.23. The highest BCUT2D eigenvalue weighted by atomic mass is 19.4. The number of alkyl halides is 3. The highest BCUT2D eigenvalue weighted by Crippen LogP contribution is 2.12. The van der Waals surface area contributed by atoms with E-state index in [0.717, 1.165) is 11.1 Å². The summed E-state index contributed by atoms with van der Waals surface area (Å²) in [6.45, 7) is 1.41. The summed E-state index contributed by atoms with van der Waals surface area (Å²) in [4.78, 5) is 0. The molecule has 0 aromatic heterocycles. The molecule has 0 saturated heterocycles. The average Bonchev–Trinajstić information content (AvgIpc) is 2.14. The van der Waals surface area contributed by atoms with Crippen molar-refractivity contribution in [3.8, 4) is 0 Å². The van der Waals surface area contributed by atoms with Crippen LogP contribution in [0, 0.1) is 6.92 Å². The predicted molar refractivity (Wildman–Crippen MR) is 53.8 cm³/mol. The van der Waals surface area contributed by atoms with Crippen LogP contribution < -0.4 is 5.32 Å². The Bertz CT molecular complexity index is 290. The Morgan fingerprint density at radius 3 is 2.27 bits per heavy atom. The highest BCUT2D eigenvalue weighted by Gasteiger charge is 2.25. The van der Waals surface area contributed by atoms with Crippen molar-refractivity contribution in [1.82, 2.24) is 5.32 Å². The maximum atomic E-state index is 11.8. The number of hydrogen-bond donors (Lipinski definition) is 1. The van der Waals surface area contributed by atoms with Crippen LogP contribution in [0.3, 0.4) is 0 Å². The van der Waals surface area contributed by atoms with Crippen molar-refractivity contribution in [2.75, 3.05) is 13.1 Å². The van der Waals surface area contributed by atoms with Crippen LogP contribution in [-0.4, -0.2) is 19.3 Å². The van der Waals surface area contributed by atoms with E-state index in [4.69, 9.17) is 0 Å². The van der Waals surface area contributed by atoms with Crippen molar-refractivity contribution in [3.05, 3.63) is 35.4 Å². The van der Waals surface area contributed by atoms with Crippen molar-refractivity contribution in [2.24, 2.45) is 0 Å². The standard InChI is InChI=1S/C11H14F3N/c1-9-2-4-10(5-3-9)6-7-15-8-11(12,13)14/h2-5,15H,6-8H2,1H3. The molecule has 1 rings (SSSR count). The van der Waals surface area contributed by atoms with Crippen molar-refractivity contribution in [2.45, 2.75) is 19.5 Å². The zero-order valence-corrected chi connectivity index (χ0v) is 8.56. The largest absolute Gasteiger partial charge is 0.401 e. The molecule has 0 saturated carbocycles. The first-order valence-electron chi connectivity index (χ1n) is 4.80. The molecule has 84 valence electrons. The lowest BCUT2D eigenvalue weighted by Crippen LogP contribution is -2.30. The number of rotatable bonds is 4. The van der Waals surface area contributed by atoms with E-state index in [0.29, 0.717) is 13.0 Å². The van der Waals surface area contributed by atoms with Gasteiger partial charge in [-0.3, -0.25) is 0 Å². The summed E-state index contributed by atoms with van der Waals surface area (Å²) in [5, 5.41) is 2.36. The molecule has 0 amide bonds. The van der Waals surface area contributed by atoms with Gasteiger partial charge in [-0.2, -0.15) is 13.2 Å². The molecule has 4 heteroatoms. The van der Waals surface area contributed by atoms with Gasteiger partial charge >= 0.3 is 6.18 Å². The van der Waals surface area contributed by atoms with Crippen molar-refractivity contribution in [3.63, 3.8) is 0 Å². The van der Waals surface area contributed by atoms with Gasteiger partial charge in [0.15, 0.2) is 0 Å². The molecule has 1 N–H and O–H groups in total. The van der Waals surface area contributed by atoms with E-state index in [-0.39, 0.29) is 0 Å². The van der Waals surface area contributed by atoms with E-state index in [9.17, 15) is 13.2 Å². The second-order valence-electron chi connectivity index (χ2n) is 3.53. The molecule has 0 aliphatic rings. The first kappa shape index (κ1) is 12.0. The molecule has 0 aliphatic heterocycles. The number of benzene rings is 1. The minimum atomic E-state index is -4.12. The monoisotopic (exact) mass is 217 g/mol. The zero-order chi connectivity index (χ0) is 11.3. The van der Waals surface area contributed by atoms with Gasteiger partial charge < -0.3 is 5.32 Å². The molecule has 0 bridgehead atoms. The first-order chi connectivity index (χ1) is 6.97. The third kappa shape index (κ3) is 5.42. The molecule has 0 unspecified atom stereocenters. The molecule has 1 aromatic rings. The Labute approximate surface area is 87.3 Å². The minimum absolute atomic E-state index is 0.350. The molecule has 15 heavy (non-hydrogen) atoms. The fraction of sp³-hybridized carbons (Fsp3) is 0.455. The quantitative estimate of drug-likeness (QED) is 0.764. The maximum Gasteiger partial charge on any atom is 0.401 e. The second kappa shape index (κ2) is 5.16. The summed E-state index contributed by atoms with van der Waals surface area (Å²) in [5.74, 6) is 0. The van der Waals surface area contributed by atoms with Gasteiger partial charge in [0.05, 0.1) is 6.54 Å². The Morgan fingerprint density at radius 2 is 1.73 bits per heavy atom. The normalized spacial score (nSPS) is 11.7. The highest BCUT2D eigenvalue weighted by molar-refractivity contribution is 5.21.